The maximum atomic E-state index is 10.1. The highest BCUT2D eigenvalue weighted by Gasteiger charge is 2.25. The molecule has 0 amide bonds. The second-order valence-electron chi connectivity index (χ2n) is 9.56. The van der Waals surface area contributed by atoms with Gasteiger partial charge in [0.1, 0.15) is 41.8 Å². The minimum absolute atomic E-state index is 0.0224. The highest BCUT2D eigenvalue weighted by Crippen LogP contribution is 2.32. The topological polar surface area (TPSA) is 109 Å². The lowest BCUT2D eigenvalue weighted by Crippen LogP contribution is -2.27. The van der Waals surface area contributed by atoms with Crippen LogP contribution in [0.1, 0.15) is 31.5 Å². The molecule has 1 atom stereocenters. The lowest BCUT2D eigenvalue weighted by atomic mass is 10.1. The van der Waals surface area contributed by atoms with E-state index in [1.54, 1.807) is 43.0 Å². The van der Waals surface area contributed by atoms with Crippen molar-refractivity contribution in [3.63, 3.8) is 0 Å². The molecule has 0 unspecified atom stereocenters. The summed E-state index contributed by atoms with van der Waals surface area (Å²) < 4.78 is 13.5. The average Bonchev–Trinajstić information content (AvgIpc) is 3.54. The normalized spacial score (nSPS) is 15.4. The summed E-state index contributed by atoms with van der Waals surface area (Å²) in [5.74, 6) is 4.57. The maximum Gasteiger partial charge on any atom is 0.138 e. The molecule has 1 saturated heterocycles. The Morgan fingerprint density at radius 1 is 1.16 bits per heavy atom. The predicted octanol–water partition coefficient (Wildman–Crippen LogP) is 3.45. The van der Waals surface area contributed by atoms with Crippen LogP contribution in [-0.2, 0) is 0 Å². The molecule has 1 aliphatic rings. The average molecular weight is 495 g/mol. The highest BCUT2D eigenvalue weighted by molar-refractivity contribution is 5.85. The molecule has 4 aromatic rings. The fourth-order valence-corrected chi connectivity index (χ4v) is 4.23. The number of terminal acetylenes is 1. The van der Waals surface area contributed by atoms with Crippen molar-refractivity contribution in [3.8, 4) is 41.0 Å². The number of fused-ring (bicyclic) bond motifs is 1. The number of anilines is 1. The van der Waals surface area contributed by atoms with E-state index in [9.17, 15) is 10.4 Å². The number of aromatic nitrogens is 4. The molecule has 0 saturated carbocycles. The zero-order valence-corrected chi connectivity index (χ0v) is 20.6. The van der Waals surface area contributed by atoms with Crippen molar-refractivity contribution in [2.24, 2.45) is 0 Å². The van der Waals surface area contributed by atoms with Crippen molar-refractivity contribution in [2.75, 3.05) is 24.6 Å². The van der Waals surface area contributed by atoms with Crippen LogP contribution >= 0.6 is 0 Å². The first-order valence-corrected chi connectivity index (χ1v) is 11.9. The molecule has 186 valence electrons. The summed E-state index contributed by atoms with van der Waals surface area (Å²) in [4.78, 5) is 11.1. The van der Waals surface area contributed by atoms with Crippen LogP contribution in [-0.4, -0.2) is 56.1 Å². The zero-order chi connectivity index (χ0) is 26.0. The monoisotopic (exact) mass is 494 g/mol. The quantitative estimate of drug-likeness (QED) is 0.389. The number of ether oxygens (including phenoxy) is 2. The maximum absolute atomic E-state index is 10.1. The molecule has 4 aromatic heterocycles. The van der Waals surface area contributed by atoms with Crippen LogP contribution in [0.5, 0.6) is 11.5 Å². The van der Waals surface area contributed by atoms with Crippen molar-refractivity contribution < 1.29 is 14.6 Å². The van der Waals surface area contributed by atoms with Crippen molar-refractivity contribution in [3.05, 3.63) is 66.4 Å². The first-order chi connectivity index (χ1) is 17.8. The molecule has 1 aliphatic heterocycles. The minimum Gasteiger partial charge on any atom is -0.489 e. The van der Waals surface area contributed by atoms with Crippen LogP contribution in [0.2, 0.25) is 0 Å². The van der Waals surface area contributed by atoms with Gasteiger partial charge in [0.2, 0.25) is 0 Å². The van der Waals surface area contributed by atoms with Crippen molar-refractivity contribution in [1.82, 2.24) is 19.6 Å². The van der Waals surface area contributed by atoms with Gasteiger partial charge in [0.05, 0.1) is 41.8 Å². The lowest BCUT2D eigenvalue weighted by molar-refractivity contribution is 0.0283. The predicted molar refractivity (Wildman–Crippen MR) is 138 cm³/mol. The Morgan fingerprint density at radius 2 is 2.03 bits per heavy atom. The first-order valence-electron chi connectivity index (χ1n) is 11.9. The largest absolute Gasteiger partial charge is 0.489 e. The molecule has 0 spiro atoms. The molecule has 9 heteroatoms. The molecule has 1 N–H and O–H groups in total. The second-order valence-corrected chi connectivity index (χ2v) is 9.56. The lowest BCUT2D eigenvalue weighted by Gasteiger charge is -2.19. The van der Waals surface area contributed by atoms with Crippen LogP contribution < -0.4 is 14.4 Å². The molecule has 0 aromatic carbocycles. The standard InChI is InChI=1S/C28H26N6O3/c1-4-21-6-7-22(15-30-21)37-23-9-10-33(16-23)26-8-5-19(13-31-26)25-11-24(36-18-28(2,3)35)17-34-27(25)20(12-29)14-32-34/h1,5-8,11,13-15,17,23,35H,9-10,16,18H2,2-3H3/t23-/m0/s1. The molecule has 0 radical (unpaired) electrons. The Hall–Kier alpha value is -4.60. The van der Waals surface area contributed by atoms with Gasteiger partial charge in [-0.15, -0.1) is 6.42 Å². The van der Waals surface area contributed by atoms with Gasteiger partial charge < -0.3 is 19.5 Å². The summed E-state index contributed by atoms with van der Waals surface area (Å²) in [6.07, 6.45) is 12.9. The van der Waals surface area contributed by atoms with Crippen LogP contribution in [0.4, 0.5) is 5.82 Å². The van der Waals surface area contributed by atoms with Crippen LogP contribution in [0.15, 0.2) is 55.1 Å². The van der Waals surface area contributed by atoms with Gasteiger partial charge in [-0.25, -0.2) is 14.5 Å². The van der Waals surface area contributed by atoms with Gasteiger partial charge in [0.15, 0.2) is 0 Å². The summed E-state index contributed by atoms with van der Waals surface area (Å²) in [6, 6.07) is 11.6. The zero-order valence-electron chi connectivity index (χ0n) is 20.6. The third-order valence-corrected chi connectivity index (χ3v) is 6.01. The molecule has 5 heterocycles. The molecule has 1 fully saturated rings. The molecular formula is C28H26N6O3. The van der Waals surface area contributed by atoms with Crippen LogP contribution in [0.3, 0.4) is 0 Å². The number of hydrogen-bond acceptors (Lipinski definition) is 8. The number of aliphatic hydroxyl groups is 1. The van der Waals surface area contributed by atoms with Gasteiger partial charge in [-0.05, 0) is 44.2 Å². The summed E-state index contributed by atoms with van der Waals surface area (Å²) >= 11 is 0. The number of hydrogen-bond donors (Lipinski definition) is 1. The Kier molecular flexibility index (Phi) is 6.39. The number of pyridine rings is 3. The Labute approximate surface area is 214 Å². The number of nitriles is 1. The van der Waals surface area contributed by atoms with E-state index in [-0.39, 0.29) is 12.7 Å². The van der Waals surface area contributed by atoms with Crippen LogP contribution in [0, 0.1) is 23.7 Å². The number of nitrogens with zero attached hydrogens (tertiary/aromatic N) is 6. The SMILES string of the molecule is C#Cc1ccc(O[C@H]2CCN(c3ccc(-c4cc(OCC(C)(C)O)cn5ncc(C#N)c45)cn3)C2)cn1. The van der Waals surface area contributed by atoms with E-state index in [2.05, 4.69) is 27.0 Å². The Bertz CT molecular complexity index is 1490. The molecule has 37 heavy (non-hydrogen) atoms. The minimum atomic E-state index is -0.987. The van der Waals surface area contributed by atoms with Crippen molar-refractivity contribution in [2.45, 2.75) is 32.0 Å². The summed E-state index contributed by atoms with van der Waals surface area (Å²) in [5, 5.41) is 24.0. The Balaban J connectivity index is 1.35. The third-order valence-electron chi connectivity index (χ3n) is 6.01. The third kappa shape index (κ3) is 5.32. The molecule has 0 bridgehead atoms. The fraction of sp³-hybridized carbons (Fsp3) is 0.286. The first kappa shape index (κ1) is 24.1. The van der Waals surface area contributed by atoms with Gasteiger partial charge in [0.25, 0.3) is 0 Å². The molecule has 0 aliphatic carbocycles. The van der Waals surface area contributed by atoms with Crippen LogP contribution in [0.25, 0.3) is 16.6 Å². The van der Waals surface area contributed by atoms with E-state index in [4.69, 9.17) is 20.9 Å². The van der Waals surface area contributed by atoms with Crippen molar-refractivity contribution in [1.29, 1.82) is 5.26 Å². The van der Waals surface area contributed by atoms with E-state index in [1.165, 1.54) is 6.20 Å². The molecule has 5 rings (SSSR count). The summed E-state index contributed by atoms with van der Waals surface area (Å²) in [5.41, 5.74) is 2.32. The van der Waals surface area contributed by atoms with E-state index >= 15 is 0 Å². The second kappa shape index (κ2) is 9.81. The van der Waals surface area contributed by atoms with E-state index in [0.717, 1.165) is 29.9 Å². The molecule has 9 nitrogen and oxygen atoms in total. The summed E-state index contributed by atoms with van der Waals surface area (Å²) in [7, 11) is 0. The smallest absolute Gasteiger partial charge is 0.138 e. The highest BCUT2D eigenvalue weighted by atomic mass is 16.5. The van der Waals surface area contributed by atoms with Gasteiger partial charge in [-0.3, -0.25) is 0 Å². The van der Waals surface area contributed by atoms with Gasteiger partial charge >= 0.3 is 0 Å². The van der Waals surface area contributed by atoms with E-state index in [0.29, 0.717) is 34.8 Å². The van der Waals surface area contributed by atoms with Gasteiger partial charge in [0, 0.05) is 30.3 Å². The summed E-state index contributed by atoms with van der Waals surface area (Å²) in [6.45, 7) is 4.99. The molecular weight excluding hydrogens is 468 g/mol. The van der Waals surface area contributed by atoms with Gasteiger partial charge in [-0.2, -0.15) is 10.4 Å². The van der Waals surface area contributed by atoms with Gasteiger partial charge in [-0.1, -0.05) is 5.92 Å². The van der Waals surface area contributed by atoms with E-state index in [1.807, 2.05) is 24.3 Å². The fourth-order valence-electron chi connectivity index (χ4n) is 4.23. The number of rotatable bonds is 7. The Morgan fingerprint density at radius 3 is 2.70 bits per heavy atom. The van der Waals surface area contributed by atoms with Crippen molar-refractivity contribution >= 4 is 11.3 Å². The van der Waals surface area contributed by atoms with E-state index < -0.39 is 5.60 Å².